The fourth-order valence-corrected chi connectivity index (χ4v) is 5.21. The third-order valence-corrected chi connectivity index (χ3v) is 7.21. The van der Waals surface area contributed by atoms with E-state index in [-0.39, 0.29) is 17.9 Å². The van der Waals surface area contributed by atoms with E-state index < -0.39 is 0 Å². The zero-order chi connectivity index (χ0) is 22.3. The fraction of sp³-hybridized carbons (Fsp3) is 0.478. The van der Waals surface area contributed by atoms with Gasteiger partial charge in [-0.25, -0.2) is 14.8 Å². The van der Waals surface area contributed by atoms with Crippen LogP contribution in [-0.4, -0.2) is 46.4 Å². The lowest BCUT2D eigenvalue weighted by molar-refractivity contribution is 0.102. The standard InChI is InChI=1S/C23H28ClN5O2S/c24-20-7-6-18(14-26-20)27-21(30)19-15-32-22(28-19)17-9-12-29(13-10-17)23(31)25-11-8-16-4-2-1-3-5-16/h4,6-7,14-15,17H,1-3,5,8-13H2,(H,25,31)(H,27,30). The van der Waals surface area contributed by atoms with Crippen molar-refractivity contribution in [2.75, 3.05) is 25.0 Å². The third kappa shape index (κ3) is 6.07. The van der Waals surface area contributed by atoms with E-state index in [1.165, 1.54) is 48.8 Å². The van der Waals surface area contributed by atoms with Crippen molar-refractivity contribution in [1.82, 2.24) is 20.2 Å². The molecule has 2 aromatic heterocycles. The number of likely N-dealkylation sites (tertiary alicyclic amines) is 1. The van der Waals surface area contributed by atoms with Gasteiger partial charge in [0.1, 0.15) is 10.8 Å². The van der Waals surface area contributed by atoms with Crippen LogP contribution in [0.2, 0.25) is 5.15 Å². The summed E-state index contributed by atoms with van der Waals surface area (Å²) in [6.07, 6.45) is 11.4. The van der Waals surface area contributed by atoms with Crippen LogP contribution < -0.4 is 10.6 Å². The number of hydrogen-bond acceptors (Lipinski definition) is 5. The summed E-state index contributed by atoms with van der Waals surface area (Å²) in [6.45, 7) is 2.12. The van der Waals surface area contributed by atoms with Crippen LogP contribution in [0.25, 0.3) is 0 Å². The van der Waals surface area contributed by atoms with Gasteiger partial charge in [-0.1, -0.05) is 23.3 Å². The number of carbonyl (C=O) groups is 2. The summed E-state index contributed by atoms with van der Waals surface area (Å²) in [5.41, 5.74) is 2.45. The van der Waals surface area contributed by atoms with Gasteiger partial charge in [-0.05, 0) is 57.1 Å². The Labute approximate surface area is 197 Å². The van der Waals surface area contributed by atoms with Gasteiger partial charge >= 0.3 is 6.03 Å². The first-order valence-electron chi connectivity index (χ1n) is 11.2. The largest absolute Gasteiger partial charge is 0.338 e. The molecule has 32 heavy (non-hydrogen) atoms. The second kappa shape index (κ2) is 10.9. The van der Waals surface area contributed by atoms with Crippen LogP contribution in [0, 0.1) is 0 Å². The minimum absolute atomic E-state index is 0.0237. The zero-order valence-electron chi connectivity index (χ0n) is 18.0. The number of carbonyl (C=O) groups excluding carboxylic acids is 2. The predicted molar refractivity (Wildman–Crippen MR) is 127 cm³/mol. The van der Waals surface area contributed by atoms with Gasteiger partial charge in [0.2, 0.25) is 0 Å². The number of nitrogens with zero attached hydrogens (tertiary/aromatic N) is 3. The zero-order valence-corrected chi connectivity index (χ0v) is 19.6. The molecule has 1 aliphatic heterocycles. The Balaban J connectivity index is 1.22. The molecule has 2 aliphatic rings. The Morgan fingerprint density at radius 1 is 1.22 bits per heavy atom. The molecule has 9 heteroatoms. The summed E-state index contributed by atoms with van der Waals surface area (Å²) < 4.78 is 0. The average Bonchev–Trinajstić information content (AvgIpc) is 3.32. The van der Waals surface area contributed by atoms with Crippen LogP contribution in [0.1, 0.15) is 66.4 Å². The second-order valence-electron chi connectivity index (χ2n) is 8.25. The minimum Gasteiger partial charge on any atom is -0.338 e. The smallest absolute Gasteiger partial charge is 0.317 e. The SMILES string of the molecule is O=C(Nc1ccc(Cl)nc1)c1csc(C2CCN(C(=O)NCCC3=CCCCC3)CC2)n1. The van der Waals surface area contributed by atoms with Gasteiger partial charge in [-0.15, -0.1) is 11.3 Å². The minimum atomic E-state index is -0.262. The summed E-state index contributed by atoms with van der Waals surface area (Å²) in [6, 6.07) is 3.35. The van der Waals surface area contributed by atoms with E-state index in [2.05, 4.69) is 26.7 Å². The number of halogens is 1. The summed E-state index contributed by atoms with van der Waals surface area (Å²) in [4.78, 5) is 35.3. The van der Waals surface area contributed by atoms with Crippen molar-refractivity contribution in [1.29, 1.82) is 0 Å². The van der Waals surface area contributed by atoms with Crippen molar-refractivity contribution in [2.24, 2.45) is 0 Å². The molecule has 0 aromatic carbocycles. The lowest BCUT2D eigenvalue weighted by Gasteiger charge is -2.31. The van der Waals surface area contributed by atoms with Crippen LogP contribution in [-0.2, 0) is 0 Å². The topological polar surface area (TPSA) is 87.2 Å². The number of aromatic nitrogens is 2. The molecule has 0 radical (unpaired) electrons. The molecule has 170 valence electrons. The Bertz CT molecular complexity index is 967. The highest BCUT2D eigenvalue weighted by Gasteiger charge is 2.26. The first-order chi connectivity index (χ1) is 15.6. The number of allylic oxidation sites excluding steroid dienone is 1. The first kappa shape index (κ1) is 22.7. The molecular formula is C23H28ClN5O2S. The number of pyridine rings is 1. The quantitative estimate of drug-likeness (QED) is 0.444. The van der Waals surface area contributed by atoms with Crippen LogP contribution >= 0.6 is 22.9 Å². The number of hydrogen-bond donors (Lipinski definition) is 2. The molecule has 0 bridgehead atoms. The molecule has 1 fully saturated rings. The molecule has 4 rings (SSSR count). The Morgan fingerprint density at radius 3 is 2.78 bits per heavy atom. The first-order valence-corrected chi connectivity index (χ1v) is 12.4. The van der Waals surface area contributed by atoms with Crippen LogP contribution in [0.3, 0.4) is 0 Å². The molecular weight excluding hydrogens is 446 g/mol. The average molecular weight is 474 g/mol. The summed E-state index contributed by atoms with van der Waals surface area (Å²) in [5.74, 6) is 0.0108. The molecule has 1 saturated heterocycles. The molecule has 2 aromatic rings. The molecule has 7 nitrogen and oxygen atoms in total. The van der Waals surface area contributed by atoms with Crippen molar-refractivity contribution in [3.05, 3.63) is 51.2 Å². The summed E-state index contributed by atoms with van der Waals surface area (Å²) in [5, 5.41) is 8.97. The number of anilines is 1. The van der Waals surface area contributed by atoms with Gasteiger partial charge in [0, 0.05) is 30.9 Å². The Kier molecular flexibility index (Phi) is 7.76. The molecule has 0 spiro atoms. The van der Waals surface area contributed by atoms with E-state index in [1.807, 2.05) is 4.90 Å². The van der Waals surface area contributed by atoms with E-state index in [9.17, 15) is 9.59 Å². The van der Waals surface area contributed by atoms with E-state index in [1.54, 1.807) is 17.5 Å². The highest BCUT2D eigenvalue weighted by atomic mass is 35.5. The highest BCUT2D eigenvalue weighted by molar-refractivity contribution is 7.10. The van der Waals surface area contributed by atoms with Gasteiger partial charge in [-0.3, -0.25) is 4.79 Å². The number of rotatable bonds is 6. The monoisotopic (exact) mass is 473 g/mol. The maximum atomic E-state index is 12.5. The third-order valence-electron chi connectivity index (χ3n) is 5.98. The van der Waals surface area contributed by atoms with E-state index in [0.717, 1.165) is 24.3 Å². The Morgan fingerprint density at radius 2 is 2.06 bits per heavy atom. The maximum Gasteiger partial charge on any atom is 0.317 e. The number of piperidine rings is 1. The summed E-state index contributed by atoms with van der Waals surface area (Å²) in [7, 11) is 0. The van der Waals surface area contributed by atoms with Crippen LogP contribution in [0.15, 0.2) is 35.4 Å². The van der Waals surface area contributed by atoms with Crippen molar-refractivity contribution in [3.8, 4) is 0 Å². The lowest BCUT2D eigenvalue weighted by atomic mass is 9.97. The molecule has 3 heterocycles. The van der Waals surface area contributed by atoms with Gasteiger partial charge in [-0.2, -0.15) is 0 Å². The fourth-order valence-electron chi connectivity index (χ4n) is 4.13. The van der Waals surface area contributed by atoms with E-state index in [0.29, 0.717) is 36.2 Å². The Hall–Kier alpha value is -2.45. The van der Waals surface area contributed by atoms with Crippen molar-refractivity contribution >= 4 is 40.6 Å². The maximum absolute atomic E-state index is 12.5. The number of nitrogens with one attached hydrogen (secondary N) is 2. The molecule has 0 saturated carbocycles. The van der Waals surface area contributed by atoms with Crippen molar-refractivity contribution < 1.29 is 9.59 Å². The molecule has 1 aliphatic carbocycles. The van der Waals surface area contributed by atoms with Crippen molar-refractivity contribution in [3.63, 3.8) is 0 Å². The van der Waals surface area contributed by atoms with Gasteiger partial charge < -0.3 is 15.5 Å². The predicted octanol–water partition coefficient (Wildman–Crippen LogP) is 5.22. The second-order valence-corrected chi connectivity index (χ2v) is 9.52. The van der Waals surface area contributed by atoms with Crippen LogP contribution in [0.4, 0.5) is 10.5 Å². The molecule has 3 amide bonds. The molecule has 0 atom stereocenters. The normalized spacial score (nSPS) is 17.0. The lowest BCUT2D eigenvalue weighted by Crippen LogP contribution is -2.44. The highest BCUT2D eigenvalue weighted by Crippen LogP contribution is 2.30. The van der Waals surface area contributed by atoms with E-state index in [4.69, 9.17) is 11.6 Å². The number of thiazole rings is 1. The van der Waals surface area contributed by atoms with Gasteiger partial charge in [0.05, 0.1) is 16.9 Å². The van der Waals surface area contributed by atoms with Crippen molar-refractivity contribution in [2.45, 2.75) is 50.9 Å². The molecule has 2 N–H and O–H groups in total. The van der Waals surface area contributed by atoms with E-state index >= 15 is 0 Å². The van der Waals surface area contributed by atoms with Crippen LogP contribution in [0.5, 0.6) is 0 Å². The summed E-state index contributed by atoms with van der Waals surface area (Å²) >= 11 is 7.28. The number of urea groups is 1. The van der Waals surface area contributed by atoms with Gasteiger partial charge in [0.25, 0.3) is 5.91 Å². The van der Waals surface area contributed by atoms with Gasteiger partial charge in [0.15, 0.2) is 0 Å². The molecule has 0 unspecified atom stereocenters. The number of amides is 3.